The van der Waals surface area contributed by atoms with Crippen molar-refractivity contribution in [1.29, 1.82) is 0 Å². The van der Waals surface area contributed by atoms with Gasteiger partial charge in [0, 0.05) is 6.04 Å². The van der Waals surface area contributed by atoms with Gasteiger partial charge in [-0.2, -0.15) is 0 Å². The number of benzene rings is 1. The molecule has 1 N–H and O–H groups in total. The van der Waals surface area contributed by atoms with E-state index in [4.69, 9.17) is 4.74 Å². The molecule has 1 aromatic rings. The number of rotatable bonds is 4. The molecule has 0 heterocycles. The van der Waals surface area contributed by atoms with E-state index in [1.54, 1.807) is 0 Å². The number of likely N-dealkylation sites (N-methyl/N-ethyl adjacent to an activating group) is 1. The van der Waals surface area contributed by atoms with Crippen LogP contribution in [0.3, 0.4) is 0 Å². The third-order valence-electron chi connectivity index (χ3n) is 3.62. The number of hydrogen-bond donors (Lipinski definition) is 1. The maximum Gasteiger partial charge on any atom is 0.0732 e. The molecule has 0 saturated heterocycles. The van der Waals surface area contributed by atoms with E-state index in [0.29, 0.717) is 12.1 Å². The summed E-state index contributed by atoms with van der Waals surface area (Å²) in [6.45, 7) is 2.87. The number of nitrogens with one attached hydrogen (secondary N) is 1. The lowest BCUT2D eigenvalue weighted by Gasteiger charge is -2.31. The summed E-state index contributed by atoms with van der Waals surface area (Å²) in [4.78, 5) is 0. The first-order valence-electron chi connectivity index (χ1n) is 6.64. The average molecular weight is 233 g/mol. The second kappa shape index (κ2) is 6.18. The first kappa shape index (κ1) is 12.6. The van der Waals surface area contributed by atoms with Crippen molar-refractivity contribution in [2.45, 2.75) is 51.4 Å². The van der Waals surface area contributed by atoms with Crippen molar-refractivity contribution >= 4 is 0 Å². The fraction of sp³-hybridized carbons (Fsp3) is 0.600. The van der Waals surface area contributed by atoms with Gasteiger partial charge >= 0.3 is 0 Å². The molecule has 1 aliphatic rings. The minimum absolute atomic E-state index is 0.384. The molecule has 1 aromatic carbocycles. The van der Waals surface area contributed by atoms with Gasteiger partial charge in [-0.25, -0.2) is 0 Å². The average Bonchev–Trinajstić information content (AvgIpc) is 2.37. The summed E-state index contributed by atoms with van der Waals surface area (Å²) in [5.41, 5.74) is 2.59. The van der Waals surface area contributed by atoms with Crippen LogP contribution < -0.4 is 5.32 Å². The Morgan fingerprint density at radius 1 is 1.29 bits per heavy atom. The molecule has 2 unspecified atom stereocenters. The van der Waals surface area contributed by atoms with E-state index in [9.17, 15) is 0 Å². The molecule has 0 spiro atoms. The summed E-state index contributed by atoms with van der Waals surface area (Å²) in [6, 6.07) is 9.11. The van der Waals surface area contributed by atoms with Crippen LogP contribution in [0.15, 0.2) is 24.3 Å². The summed E-state index contributed by atoms with van der Waals surface area (Å²) < 4.78 is 6.06. The lowest BCUT2D eigenvalue weighted by molar-refractivity contribution is -0.00362. The first-order valence-corrected chi connectivity index (χ1v) is 6.64. The van der Waals surface area contributed by atoms with Crippen LogP contribution in [0.5, 0.6) is 0 Å². The Hall–Kier alpha value is -0.860. The number of ether oxygens (including phenoxy) is 1. The van der Waals surface area contributed by atoms with Crippen molar-refractivity contribution in [3.63, 3.8) is 0 Å². The Balaban J connectivity index is 1.88. The van der Waals surface area contributed by atoms with Crippen molar-refractivity contribution in [2.75, 3.05) is 7.05 Å². The molecule has 2 atom stereocenters. The molecule has 0 aromatic heterocycles. The molecular formula is C15H23NO. The zero-order chi connectivity index (χ0) is 12.1. The van der Waals surface area contributed by atoms with Crippen LogP contribution in [0, 0.1) is 6.92 Å². The van der Waals surface area contributed by atoms with Gasteiger partial charge < -0.3 is 10.1 Å². The van der Waals surface area contributed by atoms with Crippen molar-refractivity contribution in [1.82, 2.24) is 5.32 Å². The van der Waals surface area contributed by atoms with Crippen molar-refractivity contribution in [2.24, 2.45) is 0 Å². The fourth-order valence-electron chi connectivity index (χ4n) is 2.63. The van der Waals surface area contributed by atoms with E-state index in [2.05, 4.69) is 36.5 Å². The topological polar surface area (TPSA) is 21.3 Å². The van der Waals surface area contributed by atoms with Crippen LogP contribution in [0.4, 0.5) is 0 Å². The van der Waals surface area contributed by atoms with Gasteiger partial charge in [0.05, 0.1) is 12.7 Å². The second-order valence-electron chi connectivity index (χ2n) is 5.02. The zero-order valence-electron chi connectivity index (χ0n) is 10.9. The smallest absolute Gasteiger partial charge is 0.0732 e. The predicted molar refractivity (Wildman–Crippen MR) is 71.1 cm³/mol. The molecule has 1 saturated carbocycles. The highest BCUT2D eigenvalue weighted by atomic mass is 16.5. The van der Waals surface area contributed by atoms with Crippen LogP contribution in [-0.4, -0.2) is 19.2 Å². The van der Waals surface area contributed by atoms with Gasteiger partial charge in [0.15, 0.2) is 0 Å². The first-order chi connectivity index (χ1) is 8.29. The van der Waals surface area contributed by atoms with E-state index in [0.717, 1.165) is 6.61 Å². The molecule has 0 amide bonds. The number of hydrogen-bond acceptors (Lipinski definition) is 2. The molecule has 1 aliphatic carbocycles. The molecule has 1 fully saturated rings. The molecule has 0 aliphatic heterocycles. The third kappa shape index (κ3) is 3.55. The molecule has 0 bridgehead atoms. The second-order valence-corrected chi connectivity index (χ2v) is 5.02. The predicted octanol–water partition coefficient (Wildman–Crippen LogP) is 3.04. The van der Waals surface area contributed by atoms with E-state index in [1.165, 1.54) is 36.8 Å². The third-order valence-corrected chi connectivity index (χ3v) is 3.62. The molecule has 2 heteroatoms. The van der Waals surface area contributed by atoms with Crippen molar-refractivity contribution in [3.05, 3.63) is 35.4 Å². The van der Waals surface area contributed by atoms with Crippen LogP contribution in [-0.2, 0) is 11.3 Å². The Kier molecular flexibility index (Phi) is 4.57. The van der Waals surface area contributed by atoms with Gasteiger partial charge in [0.1, 0.15) is 0 Å². The van der Waals surface area contributed by atoms with Crippen LogP contribution in [0.2, 0.25) is 0 Å². The highest BCUT2D eigenvalue weighted by Crippen LogP contribution is 2.22. The molecule has 2 rings (SSSR count). The summed E-state index contributed by atoms with van der Waals surface area (Å²) in [5.74, 6) is 0. The van der Waals surface area contributed by atoms with Gasteiger partial charge in [-0.05, 0) is 32.4 Å². The van der Waals surface area contributed by atoms with Gasteiger partial charge in [-0.15, -0.1) is 0 Å². The minimum atomic E-state index is 0.384. The molecule has 94 valence electrons. The molecule has 0 radical (unpaired) electrons. The van der Waals surface area contributed by atoms with Crippen LogP contribution in [0.1, 0.15) is 36.8 Å². The summed E-state index contributed by atoms with van der Waals surface area (Å²) >= 11 is 0. The summed E-state index contributed by atoms with van der Waals surface area (Å²) in [5, 5.41) is 3.38. The number of aryl methyl sites for hydroxylation is 1. The molecular weight excluding hydrogens is 210 g/mol. The SMILES string of the molecule is CNC1CCCCC1OCc1cccc(C)c1. The van der Waals surface area contributed by atoms with E-state index >= 15 is 0 Å². The van der Waals surface area contributed by atoms with Gasteiger partial charge in [0.25, 0.3) is 0 Å². The standard InChI is InChI=1S/C15H23NO/c1-12-6-5-7-13(10-12)11-17-15-9-4-3-8-14(15)16-2/h5-7,10,14-16H,3-4,8-9,11H2,1-2H3. The lowest BCUT2D eigenvalue weighted by Crippen LogP contribution is -2.41. The quantitative estimate of drug-likeness (QED) is 0.863. The summed E-state index contributed by atoms with van der Waals surface area (Å²) in [6.07, 6.45) is 5.45. The van der Waals surface area contributed by atoms with Crippen molar-refractivity contribution < 1.29 is 4.74 Å². The zero-order valence-corrected chi connectivity index (χ0v) is 10.9. The largest absolute Gasteiger partial charge is 0.372 e. The van der Waals surface area contributed by atoms with Crippen molar-refractivity contribution in [3.8, 4) is 0 Å². The molecule has 2 nitrogen and oxygen atoms in total. The lowest BCUT2D eigenvalue weighted by atomic mass is 9.92. The van der Waals surface area contributed by atoms with Gasteiger partial charge in [0.2, 0.25) is 0 Å². The monoisotopic (exact) mass is 233 g/mol. The van der Waals surface area contributed by atoms with Crippen LogP contribution in [0.25, 0.3) is 0 Å². The van der Waals surface area contributed by atoms with Gasteiger partial charge in [-0.1, -0.05) is 42.7 Å². The fourth-order valence-corrected chi connectivity index (χ4v) is 2.63. The van der Waals surface area contributed by atoms with E-state index < -0.39 is 0 Å². The van der Waals surface area contributed by atoms with Gasteiger partial charge in [-0.3, -0.25) is 0 Å². The Morgan fingerprint density at radius 3 is 2.88 bits per heavy atom. The van der Waals surface area contributed by atoms with E-state index in [1.807, 2.05) is 7.05 Å². The van der Waals surface area contributed by atoms with Crippen LogP contribution >= 0.6 is 0 Å². The Morgan fingerprint density at radius 2 is 2.12 bits per heavy atom. The Bertz CT molecular complexity index is 351. The molecule has 17 heavy (non-hydrogen) atoms. The van der Waals surface area contributed by atoms with E-state index in [-0.39, 0.29) is 0 Å². The maximum absolute atomic E-state index is 6.06. The Labute approximate surface area is 104 Å². The highest BCUT2D eigenvalue weighted by molar-refractivity contribution is 5.21. The normalized spacial score (nSPS) is 24.8. The highest BCUT2D eigenvalue weighted by Gasteiger charge is 2.24. The minimum Gasteiger partial charge on any atom is -0.372 e. The maximum atomic E-state index is 6.06. The summed E-state index contributed by atoms with van der Waals surface area (Å²) in [7, 11) is 2.04.